The molecule has 0 atom stereocenters. The van der Waals surface area contributed by atoms with E-state index in [0.717, 1.165) is 6.42 Å². The van der Waals surface area contributed by atoms with E-state index in [9.17, 15) is 13.2 Å². The standard InChI is InChI=1S/C22H22N2O4S2/c1-15-17(22(25)24-12-10-20-16(14-24)11-13-29-20)6-5-7-18(15)23-30(26,27)21-9-4-3-8-19(21)28-2/h3-9,11,13,23H,10,12,14H2,1-2H3. The Bertz CT molecular complexity index is 1200. The van der Waals surface area contributed by atoms with Crippen LogP contribution in [-0.4, -0.2) is 32.9 Å². The molecule has 30 heavy (non-hydrogen) atoms. The molecule has 4 rings (SSSR count). The predicted molar refractivity (Wildman–Crippen MR) is 118 cm³/mol. The summed E-state index contributed by atoms with van der Waals surface area (Å²) in [7, 11) is -2.45. The highest BCUT2D eigenvalue weighted by atomic mass is 32.2. The van der Waals surface area contributed by atoms with Crippen LogP contribution in [-0.2, 0) is 23.0 Å². The summed E-state index contributed by atoms with van der Waals surface area (Å²) in [5.41, 5.74) is 2.65. The van der Waals surface area contributed by atoms with Crippen LogP contribution in [0.4, 0.5) is 5.69 Å². The van der Waals surface area contributed by atoms with Gasteiger partial charge in [0, 0.05) is 23.5 Å². The van der Waals surface area contributed by atoms with E-state index >= 15 is 0 Å². The molecule has 1 aromatic heterocycles. The third kappa shape index (κ3) is 3.80. The van der Waals surface area contributed by atoms with Gasteiger partial charge < -0.3 is 9.64 Å². The normalized spacial score (nSPS) is 13.6. The van der Waals surface area contributed by atoms with E-state index in [-0.39, 0.29) is 16.6 Å². The number of nitrogens with zero attached hydrogens (tertiary/aromatic N) is 1. The summed E-state index contributed by atoms with van der Waals surface area (Å²) in [4.78, 5) is 16.4. The van der Waals surface area contributed by atoms with Crippen LogP contribution in [0.15, 0.2) is 58.8 Å². The van der Waals surface area contributed by atoms with Gasteiger partial charge in [0.25, 0.3) is 15.9 Å². The van der Waals surface area contributed by atoms with Crippen molar-refractivity contribution in [3.05, 3.63) is 75.5 Å². The lowest BCUT2D eigenvalue weighted by atomic mass is 10.0. The van der Waals surface area contributed by atoms with Gasteiger partial charge in [-0.1, -0.05) is 18.2 Å². The second-order valence-electron chi connectivity index (χ2n) is 7.08. The molecule has 0 unspecified atom stereocenters. The Morgan fingerprint density at radius 3 is 2.73 bits per heavy atom. The molecule has 0 bridgehead atoms. The monoisotopic (exact) mass is 442 g/mol. The van der Waals surface area contributed by atoms with Crippen LogP contribution in [0.1, 0.15) is 26.4 Å². The summed E-state index contributed by atoms with van der Waals surface area (Å²) >= 11 is 1.72. The maximum atomic E-state index is 13.2. The second kappa shape index (κ2) is 8.12. The zero-order valence-corrected chi connectivity index (χ0v) is 18.3. The number of hydrogen-bond acceptors (Lipinski definition) is 5. The van der Waals surface area contributed by atoms with E-state index in [4.69, 9.17) is 4.74 Å². The number of para-hydroxylation sites is 1. The highest BCUT2D eigenvalue weighted by Crippen LogP contribution is 2.29. The number of methoxy groups -OCH3 is 1. The maximum Gasteiger partial charge on any atom is 0.265 e. The van der Waals surface area contributed by atoms with Crippen LogP contribution < -0.4 is 9.46 Å². The number of fused-ring (bicyclic) bond motifs is 1. The minimum atomic E-state index is -3.88. The van der Waals surface area contributed by atoms with Gasteiger partial charge in [-0.15, -0.1) is 11.3 Å². The first-order valence-electron chi connectivity index (χ1n) is 9.50. The molecule has 8 heteroatoms. The summed E-state index contributed by atoms with van der Waals surface area (Å²) in [5, 5.41) is 2.05. The molecule has 1 amide bonds. The maximum absolute atomic E-state index is 13.2. The number of nitrogens with one attached hydrogen (secondary N) is 1. The van der Waals surface area contributed by atoms with Gasteiger partial charge in [0.1, 0.15) is 10.6 Å². The van der Waals surface area contributed by atoms with E-state index in [2.05, 4.69) is 16.2 Å². The third-order valence-electron chi connectivity index (χ3n) is 5.26. The highest BCUT2D eigenvalue weighted by molar-refractivity contribution is 7.92. The van der Waals surface area contributed by atoms with Crippen molar-refractivity contribution in [3.8, 4) is 5.75 Å². The minimum Gasteiger partial charge on any atom is -0.495 e. The fourth-order valence-electron chi connectivity index (χ4n) is 3.61. The molecule has 0 spiro atoms. The summed E-state index contributed by atoms with van der Waals surface area (Å²) in [5.74, 6) is 0.164. The summed E-state index contributed by atoms with van der Waals surface area (Å²) < 4.78 is 33.7. The molecule has 3 aromatic rings. The Morgan fingerprint density at radius 2 is 1.93 bits per heavy atom. The van der Waals surface area contributed by atoms with Gasteiger partial charge in [-0.05, 0) is 60.2 Å². The Kier molecular flexibility index (Phi) is 5.53. The minimum absolute atomic E-state index is 0.0460. The number of benzene rings is 2. The van der Waals surface area contributed by atoms with Crippen molar-refractivity contribution in [2.45, 2.75) is 24.8 Å². The number of anilines is 1. The van der Waals surface area contributed by atoms with Crippen LogP contribution in [0.5, 0.6) is 5.75 Å². The van der Waals surface area contributed by atoms with Gasteiger partial charge in [0.2, 0.25) is 0 Å². The Labute approximate surface area is 180 Å². The van der Waals surface area contributed by atoms with Gasteiger partial charge in [-0.25, -0.2) is 8.42 Å². The van der Waals surface area contributed by atoms with Gasteiger partial charge >= 0.3 is 0 Å². The smallest absolute Gasteiger partial charge is 0.265 e. The Hall–Kier alpha value is -2.84. The molecule has 0 saturated carbocycles. The van der Waals surface area contributed by atoms with Crippen LogP contribution in [0.3, 0.4) is 0 Å². The van der Waals surface area contributed by atoms with Crippen LogP contribution in [0.25, 0.3) is 0 Å². The molecule has 156 valence electrons. The second-order valence-corrected chi connectivity index (χ2v) is 9.73. The lowest BCUT2D eigenvalue weighted by Gasteiger charge is -2.28. The summed E-state index contributed by atoms with van der Waals surface area (Å²) in [6, 6.07) is 13.6. The number of thiophene rings is 1. The third-order valence-corrected chi connectivity index (χ3v) is 7.69. The molecule has 6 nitrogen and oxygen atoms in total. The van der Waals surface area contributed by atoms with Crippen molar-refractivity contribution in [2.75, 3.05) is 18.4 Å². The zero-order valence-electron chi connectivity index (χ0n) is 16.7. The largest absolute Gasteiger partial charge is 0.495 e. The van der Waals surface area contributed by atoms with Gasteiger partial charge in [-0.2, -0.15) is 0 Å². The number of rotatable bonds is 5. The number of carbonyl (C=O) groups excluding carboxylic acids is 1. The lowest BCUT2D eigenvalue weighted by Crippen LogP contribution is -2.35. The van der Waals surface area contributed by atoms with E-state index in [1.807, 2.05) is 4.90 Å². The van der Waals surface area contributed by atoms with Crippen molar-refractivity contribution < 1.29 is 17.9 Å². The number of sulfonamides is 1. The van der Waals surface area contributed by atoms with Crippen molar-refractivity contribution >= 4 is 33.0 Å². The number of amides is 1. The molecule has 1 aliphatic heterocycles. The predicted octanol–water partition coefficient (Wildman–Crippen LogP) is 4.06. The average molecular weight is 443 g/mol. The molecular weight excluding hydrogens is 420 g/mol. The van der Waals surface area contributed by atoms with E-state index < -0.39 is 10.0 Å². The quantitative estimate of drug-likeness (QED) is 0.646. The number of ether oxygens (including phenoxy) is 1. The molecule has 2 heterocycles. The molecule has 0 aliphatic carbocycles. The SMILES string of the molecule is COc1ccccc1S(=O)(=O)Nc1cccc(C(=O)N2CCc3sccc3C2)c1C. The van der Waals surface area contributed by atoms with Gasteiger partial charge in [0.15, 0.2) is 0 Å². The fraction of sp³-hybridized carbons (Fsp3) is 0.227. The summed E-state index contributed by atoms with van der Waals surface area (Å²) in [6.07, 6.45) is 0.845. The van der Waals surface area contributed by atoms with Crippen molar-refractivity contribution in [1.29, 1.82) is 0 Å². The number of carbonyl (C=O) groups is 1. The molecular formula is C22H22N2O4S2. The molecule has 2 aromatic carbocycles. The summed E-state index contributed by atoms with van der Waals surface area (Å²) in [6.45, 7) is 2.99. The molecule has 0 fully saturated rings. The van der Waals surface area contributed by atoms with E-state index in [1.54, 1.807) is 54.7 Å². The Balaban J connectivity index is 1.61. The van der Waals surface area contributed by atoms with Crippen molar-refractivity contribution in [3.63, 3.8) is 0 Å². The average Bonchev–Trinajstić information content (AvgIpc) is 3.22. The van der Waals surface area contributed by atoms with Crippen LogP contribution >= 0.6 is 11.3 Å². The number of hydrogen-bond donors (Lipinski definition) is 1. The Morgan fingerprint density at radius 1 is 1.13 bits per heavy atom. The zero-order chi connectivity index (χ0) is 21.3. The first-order chi connectivity index (χ1) is 14.4. The van der Waals surface area contributed by atoms with E-state index in [1.165, 1.54) is 23.6 Å². The molecule has 1 aliphatic rings. The van der Waals surface area contributed by atoms with E-state index in [0.29, 0.717) is 29.9 Å². The first kappa shape index (κ1) is 20.4. The lowest BCUT2D eigenvalue weighted by molar-refractivity contribution is 0.0735. The van der Waals surface area contributed by atoms with Gasteiger partial charge in [0.05, 0.1) is 12.8 Å². The van der Waals surface area contributed by atoms with Crippen molar-refractivity contribution in [1.82, 2.24) is 4.90 Å². The van der Waals surface area contributed by atoms with Crippen LogP contribution in [0, 0.1) is 6.92 Å². The molecule has 0 radical (unpaired) electrons. The fourth-order valence-corrected chi connectivity index (χ4v) is 5.79. The molecule has 1 N–H and O–H groups in total. The first-order valence-corrected chi connectivity index (χ1v) is 11.9. The highest BCUT2D eigenvalue weighted by Gasteiger charge is 2.25. The molecule has 0 saturated heterocycles. The van der Waals surface area contributed by atoms with Gasteiger partial charge in [-0.3, -0.25) is 9.52 Å². The van der Waals surface area contributed by atoms with Crippen LogP contribution in [0.2, 0.25) is 0 Å². The topological polar surface area (TPSA) is 75.7 Å². The van der Waals surface area contributed by atoms with Crippen molar-refractivity contribution in [2.24, 2.45) is 0 Å².